The predicted octanol–water partition coefficient (Wildman–Crippen LogP) is 1.96. The van der Waals surface area contributed by atoms with E-state index in [1.807, 2.05) is 62.4 Å². The van der Waals surface area contributed by atoms with Crippen LogP contribution >= 0.6 is 0 Å². The molecule has 3 amide bonds. The molecule has 0 saturated heterocycles. The second-order valence-corrected chi connectivity index (χ2v) is 6.76. The van der Waals surface area contributed by atoms with Crippen LogP contribution < -0.4 is 15.5 Å². The first-order valence-electron chi connectivity index (χ1n) is 9.03. The molecular weight excluding hydrogens is 342 g/mol. The molecule has 1 aliphatic heterocycles. The Morgan fingerprint density at radius 1 is 1.00 bits per heavy atom. The first-order valence-corrected chi connectivity index (χ1v) is 9.03. The summed E-state index contributed by atoms with van der Waals surface area (Å²) in [6.07, 6.45) is 0.631. The van der Waals surface area contributed by atoms with Crippen LogP contribution in [0.4, 0.5) is 5.69 Å². The molecular formula is C21H23N3O3. The first kappa shape index (κ1) is 18.6. The Labute approximate surface area is 158 Å². The van der Waals surface area contributed by atoms with E-state index in [9.17, 15) is 14.4 Å². The van der Waals surface area contributed by atoms with Crippen LogP contribution in [0.25, 0.3) is 0 Å². The molecule has 2 aromatic carbocycles. The second kappa shape index (κ2) is 8.03. The molecule has 0 fully saturated rings. The molecule has 0 bridgehead atoms. The molecule has 0 aliphatic carbocycles. The van der Waals surface area contributed by atoms with Crippen LogP contribution in [0, 0.1) is 0 Å². The largest absolute Gasteiger partial charge is 0.348 e. The zero-order chi connectivity index (χ0) is 19.4. The SMILES string of the molecule is CC(C)N1C(=O)[C@H](NC(=O)C(=O)NCCc2ccccc2)c2ccccc21. The molecule has 1 atom stereocenters. The third-order valence-corrected chi connectivity index (χ3v) is 4.53. The molecule has 0 spiro atoms. The maximum atomic E-state index is 12.7. The Bertz CT molecular complexity index is 849. The molecule has 1 aliphatic rings. The van der Waals surface area contributed by atoms with Gasteiger partial charge in [0.25, 0.3) is 5.91 Å². The molecule has 0 radical (unpaired) electrons. The van der Waals surface area contributed by atoms with Crippen LogP contribution in [0.1, 0.15) is 31.0 Å². The van der Waals surface area contributed by atoms with Crippen LogP contribution in [0.2, 0.25) is 0 Å². The van der Waals surface area contributed by atoms with Gasteiger partial charge < -0.3 is 15.5 Å². The van der Waals surface area contributed by atoms with E-state index in [2.05, 4.69) is 10.6 Å². The Hall–Kier alpha value is -3.15. The third kappa shape index (κ3) is 4.00. The molecule has 140 valence electrons. The lowest BCUT2D eigenvalue weighted by atomic mass is 10.1. The van der Waals surface area contributed by atoms with E-state index in [-0.39, 0.29) is 11.9 Å². The van der Waals surface area contributed by atoms with Crippen molar-refractivity contribution in [3.05, 3.63) is 65.7 Å². The molecule has 0 saturated carbocycles. The van der Waals surface area contributed by atoms with E-state index >= 15 is 0 Å². The van der Waals surface area contributed by atoms with Gasteiger partial charge in [-0.15, -0.1) is 0 Å². The van der Waals surface area contributed by atoms with Gasteiger partial charge in [-0.2, -0.15) is 0 Å². The first-order chi connectivity index (χ1) is 13.0. The van der Waals surface area contributed by atoms with E-state index in [1.165, 1.54) is 0 Å². The number of benzene rings is 2. The van der Waals surface area contributed by atoms with Gasteiger partial charge in [0.1, 0.15) is 6.04 Å². The van der Waals surface area contributed by atoms with Gasteiger partial charge in [0, 0.05) is 23.8 Å². The van der Waals surface area contributed by atoms with Crippen molar-refractivity contribution in [1.29, 1.82) is 0 Å². The summed E-state index contributed by atoms with van der Waals surface area (Å²) in [6.45, 7) is 4.17. The highest BCUT2D eigenvalue weighted by Crippen LogP contribution is 2.36. The van der Waals surface area contributed by atoms with E-state index in [0.29, 0.717) is 18.5 Å². The van der Waals surface area contributed by atoms with Gasteiger partial charge in [-0.1, -0.05) is 48.5 Å². The Balaban J connectivity index is 1.61. The number of para-hydroxylation sites is 1. The van der Waals surface area contributed by atoms with Gasteiger partial charge in [-0.05, 0) is 31.9 Å². The number of hydrogen-bond acceptors (Lipinski definition) is 3. The van der Waals surface area contributed by atoms with Gasteiger partial charge in [0.2, 0.25) is 0 Å². The number of hydrogen-bond donors (Lipinski definition) is 2. The van der Waals surface area contributed by atoms with Crippen LogP contribution in [0.5, 0.6) is 0 Å². The number of rotatable bonds is 5. The lowest BCUT2D eigenvalue weighted by molar-refractivity contribution is -0.140. The number of carbonyl (C=O) groups is 3. The van der Waals surface area contributed by atoms with Crippen LogP contribution in [-0.4, -0.2) is 30.3 Å². The van der Waals surface area contributed by atoms with E-state index in [0.717, 1.165) is 11.3 Å². The Morgan fingerprint density at radius 3 is 2.37 bits per heavy atom. The molecule has 2 N–H and O–H groups in total. The normalized spacial score (nSPS) is 15.6. The highest BCUT2D eigenvalue weighted by Gasteiger charge is 2.39. The highest BCUT2D eigenvalue weighted by atomic mass is 16.2. The van der Waals surface area contributed by atoms with Crippen LogP contribution in [-0.2, 0) is 20.8 Å². The summed E-state index contributed by atoms with van der Waals surface area (Å²) in [6, 6.07) is 16.1. The van der Waals surface area contributed by atoms with E-state index in [1.54, 1.807) is 11.0 Å². The van der Waals surface area contributed by atoms with Crippen molar-refractivity contribution < 1.29 is 14.4 Å². The Kier molecular flexibility index (Phi) is 5.54. The maximum Gasteiger partial charge on any atom is 0.310 e. The quantitative estimate of drug-likeness (QED) is 0.795. The lowest BCUT2D eigenvalue weighted by Gasteiger charge is -2.22. The van der Waals surface area contributed by atoms with Crippen molar-refractivity contribution in [3.63, 3.8) is 0 Å². The van der Waals surface area contributed by atoms with Crippen molar-refractivity contribution in [3.8, 4) is 0 Å². The molecule has 1 heterocycles. The zero-order valence-electron chi connectivity index (χ0n) is 15.4. The molecule has 0 aromatic heterocycles. The molecule has 3 rings (SSSR count). The van der Waals surface area contributed by atoms with Crippen LogP contribution in [0.3, 0.4) is 0 Å². The summed E-state index contributed by atoms with van der Waals surface area (Å²) in [5.41, 5.74) is 2.56. The summed E-state index contributed by atoms with van der Waals surface area (Å²) < 4.78 is 0. The van der Waals surface area contributed by atoms with Crippen LogP contribution in [0.15, 0.2) is 54.6 Å². The second-order valence-electron chi connectivity index (χ2n) is 6.76. The fourth-order valence-electron chi connectivity index (χ4n) is 3.26. The number of nitrogens with one attached hydrogen (secondary N) is 2. The van der Waals surface area contributed by atoms with E-state index < -0.39 is 17.9 Å². The van der Waals surface area contributed by atoms with Gasteiger partial charge >= 0.3 is 11.8 Å². The average Bonchev–Trinajstić information content (AvgIpc) is 2.94. The minimum Gasteiger partial charge on any atom is -0.348 e. The predicted molar refractivity (Wildman–Crippen MR) is 103 cm³/mol. The monoisotopic (exact) mass is 365 g/mol. The summed E-state index contributed by atoms with van der Waals surface area (Å²) in [5.74, 6) is -1.77. The Morgan fingerprint density at radius 2 is 1.67 bits per heavy atom. The lowest BCUT2D eigenvalue weighted by Crippen LogP contribution is -2.45. The minimum atomic E-state index is -0.837. The fourth-order valence-corrected chi connectivity index (χ4v) is 3.26. The number of fused-ring (bicyclic) bond motifs is 1. The third-order valence-electron chi connectivity index (χ3n) is 4.53. The number of amides is 3. The molecule has 27 heavy (non-hydrogen) atoms. The van der Waals surface area contributed by atoms with Crippen molar-refractivity contribution in [2.45, 2.75) is 32.4 Å². The number of carbonyl (C=O) groups excluding carboxylic acids is 3. The summed E-state index contributed by atoms with van der Waals surface area (Å²) >= 11 is 0. The van der Waals surface area contributed by atoms with Gasteiger partial charge in [0.15, 0.2) is 0 Å². The molecule has 2 aromatic rings. The zero-order valence-corrected chi connectivity index (χ0v) is 15.4. The standard InChI is InChI=1S/C21H23N3O3/c1-14(2)24-17-11-7-6-10-16(17)18(21(24)27)23-20(26)19(25)22-13-12-15-8-4-3-5-9-15/h3-11,14,18H,12-13H2,1-2H3,(H,22,25)(H,23,26)/t18-/m1/s1. The molecule has 6 nitrogen and oxygen atoms in total. The topological polar surface area (TPSA) is 78.5 Å². The highest BCUT2D eigenvalue weighted by molar-refractivity contribution is 6.35. The average molecular weight is 365 g/mol. The van der Waals surface area contributed by atoms with Crippen molar-refractivity contribution in [2.75, 3.05) is 11.4 Å². The van der Waals surface area contributed by atoms with Gasteiger partial charge in [-0.3, -0.25) is 14.4 Å². The van der Waals surface area contributed by atoms with Crippen molar-refractivity contribution in [2.24, 2.45) is 0 Å². The van der Waals surface area contributed by atoms with E-state index in [4.69, 9.17) is 0 Å². The molecule has 0 unspecified atom stereocenters. The minimum absolute atomic E-state index is 0.0414. The summed E-state index contributed by atoms with van der Waals surface area (Å²) in [7, 11) is 0. The summed E-state index contributed by atoms with van der Waals surface area (Å²) in [5, 5.41) is 5.18. The number of nitrogens with zero attached hydrogens (tertiary/aromatic N) is 1. The van der Waals surface area contributed by atoms with Crippen molar-refractivity contribution >= 4 is 23.4 Å². The summed E-state index contributed by atoms with van der Waals surface area (Å²) in [4.78, 5) is 38.8. The maximum absolute atomic E-state index is 12.7. The van der Waals surface area contributed by atoms with Gasteiger partial charge in [-0.25, -0.2) is 0 Å². The molecule has 6 heteroatoms. The van der Waals surface area contributed by atoms with Gasteiger partial charge in [0.05, 0.1) is 0 Å². The van der Waals surface area contributed by atoms with Crippen molar-refractivity contribution in [1.82, 2.24) is 10.6 Å². The smallest absolute Gasteiger partial charge is 0.310 e. The fraction of sp³-hybridized carbons (Fsp3) is 0.286. The number of anilines is 1.